The van der Waals surface area contributed by atoms with Gasteiger partial charge >= 0.3 is 0 Å². The van der Waals surface area contributed by atoms with Gasteiger partial charge < -0.3 is 10.2 Å². The van der Waals surface area contributed by atoms with E-state index in [0.29, 0.717) is 24.3 Å². The Bertz CT molecular complexity index is 833. The summed E-state index contributed by atoms with van der Waals surface area (Å²) in [6.07, 6.45) is 2.21. The van der Waals surface area contributed by atoms with E-state index in [0.717, 1.165) is 34.4 Å². The van der Waals surface area contributed by atoms with Crippen molar-refractivity contribution in [2.45, 2.75) is 33.1 Å². The summed E-state index contributed by atoms with van der Waals surface area (Å²) in [5.41, 5.74) is 3.43. The van der Waals surface area contributed by atoms with Crippen LogP contribution < -0.4 is 10.2 Å². The molecule has 5 heteroatoms. The van der Waals surface area contributed by atoms with E-state index in [-0.39, 0.29) is 11.8 Å². The van der Waals surface area contributed by atoms with Crippen LogP contribution in [0.2, 0.25) is 0 Å². The maximum absolute atomic E-state index is 12.5. The Labute approximate surface area is 162 Å². The SMILES string of the molecule is CC(C)CCN1C(=O)CCc2cc(NC(=O)c3ccccc3Br)ccc21. The number of hydrogen-bond donors (Lipinski definition) is 1. The molecule has 0 bridgehead atoms. The van der Waals surface area contributed by atoms with Crippen molar-refractivity contribution in [2.75, 3.05) is 16.8 Å². The molecule has 1 aliphatic rings. The number of amides is 2. The zero-order valence-electron chi connectivity index (χ0n) is 15.1. The quantitative estimate of drug-likeness (QED) is 0.745. The van der Waals surface area contributed by atoms with Gasteiger partial charge in [-0.05, 0) is 70.6 Å². The molecule has 0 unspecified atom stereocenters. The van der Waals surface area contributed by atoms with Gasteiger partial charge in [-0.3, -0.25) is 9.59 Å². The molecule has 2 amide bonds. The molecule has 3 rings (SSSR count). The monoisotopic (exact) mass is 414 g/mol. The zero-order chi connectivity index (χ0) is 18.7. The lowest BCUT2D eigenvalue weighted by Crippen LogP contribution is -2.36. The minimum Gasteiger partial charge on any atom is -0.322 e. The summed E-state index contributed by atoms with van der Waals surface area (Å²) in [7, 11) is 0. The van der Waals surface area contributed by atoms with Gasteiger partial charge in [0.2, 0.25) is 5.91 Å². The van der Waals surface area contributed by atoms with Crippen LogP contribution in [0.5, 0.6) is 0 Å². The van der Waals surface area contributed by atoms with Crippen LogP contribution in [0.15, 0.2) is 46.9 Å². The van der Waals surface area contributed by atoms with Crippen LogP contribution in [0, 0.1) is 5.92 Å². The first-order valence-corrected chi connectivity index (χ1v) is 9.74. The number of carbonyl (C=O) groups is 2. The molecule has 0 aromatic heterocycles. The highest BCUT2D eigenvalue weighted by molar-refractivity contribution is 9.10. The number of nitrogens with zero attached hydrogens (tertiary/aromatic N) is 1. The molecule has 0 saturated carbocycles. The molecule has 4 nitrogen and oxygen atoms in total. The van der Waals surface area contributed by atoms with Crippen molar-refractivity contribution in [1.82, 2.24) is 0 Å². The van der Waals surface area contributed by atoms with E-state index < -0.39 is 0 Å². The maximum Gasteiger partial charge on any atom is 0.256 e. The molecular formula is C21H23BrN2O2. The van der Waals surface area contributed by atoms with Crippen LogP contribution >= 0.6 is 15.9 Å². The molecule has 1 N–H and O–H groups in total. The van der Waals surface area contributed by atoms with Crippen LogP contribution in [0.25, 0.3) is 0 Å². The zero-order valence-corrected chi connectivity index (χ0v) is 16.7. The van der Waals surface area contributed by atoms with Crippen LogP contribution in [-0.4, -0.2) is 18.4 Å². The van der Waals surface area contributed by atoms with Crippen LogP contribution in [0.3, 0.4) is 0 Å². The van der Waals surface area contributed by atoms with E-state index in [1.807, 2.05) is 41.3 Å². The first kappa shape index (κ1) is 18.6. The minimum absolute atomic E-state index is 0.152. The predicted molar refractivity (Wildman–Crippen MR) is 109 cm³/mol. The number of halogens is 1. The minimum atomic E-state index is -0.152. The Balaban J connectivity index is 1.79. The number of rotatable bonds is 5. The molecule has 2 aromatic carbocycles. The van der Waals surface area contributed by atoms with Gasteiger partial charge in [-0.15, -0.1) is 0 Å². The molecule has 0 atom stereocenters. The molecule has 0 radical (unpaired) electrons. The summed E-state index contributed by atoms with van der Waals surface area (Å²) >= 11 is 3.41. The third-order valence-electron chi connectivity index (χ3n) is 4.59. The molecular weight excluding hydrogens is 392 g/mol. The second-order valence-electron chi connectivity index (χ2n) is 7.01. The van der Waals surface area contributed by atoms with Crippen molar-refractivity contribution in [3.63, 3.8) is 0 Å². The molecule has 0 spiro atoms. The van der Waals surface area contributed by atoms with Gasteiger partial charge in [0, 0.05) is 28.8 Å². The van der Waals surface area contributed by atoms with E-state index >= 15 is 0 Å². The number of carbonyl (C=O) groups excluding carboxylic acids is 2. The molecule has 2 aromatic rings. The Morgan fingerprint density at radius 1 is 1.19 bits per heavy atom. The van der Waals surface area contributed by atoms with Crippen molar-refractivity contribution in [1.29, 1.82) is 0 Å². The molecule has 0 aliphatic carbocycles. The molecule has 136 valence electrons. The Hall–Kier alpha value is -2.14. The fourth-order valence-electron chi connectivity index (χ4n) is 3.11. The van der Waals surface area contributed by atoms with Gasteiger partial charge in [0.25, 0.3) is 5.91 Å². The fourth-order valence-corrected chi connectivity index (χ4v) is 3.58. The number of anilines is 2. The lowest BCUT2D eigenvalue weighted by atomic mass is 9.99. The smallest absolute Gasteiger partial charge is 0.256 e. The Morgan fingerprint density at radius 2 is 1.96 bits per heavy atom. The molecule has 1 heterocycles. The van der Waals surface area contributed by atoms with Gasteiger partial charge in [-0.25, -0.2) is 0 Å². The second-order valence-corrected chi connectivity index (χ2v) is 7.86. The highest BCUT2D eigenvalue weighted by atomic mass is 79.9. The summed E-state index contributed by atoms with van der Waals surface area (Å²) < 4.78 is 0.765. The lowest BCUT2D eigenvalue weighted by Gasteiger charge is -2.30. The van der Waals surface area contributed by atoms with Crippen LogP contribution in [0.1, 0.15) is 42.6 Å². The standard InChI is InChI=1S/C21H23BrN2O2/c1-14(2)11-12-24-19-9-8-16(13-15(19)7-10-20(24)25)23-21(26)17-5-3-4-6-18(17)22/h3-6,8-9,13-14H,7,10-12H2,1-2H3,(H,23,26). The number of benzene rings is 2. The molecule has 26 heavy (non-hydrogen) atoms. The van der Waals surface area contributed by atoms with Crippen molar-refractivity contribution < 1.29 is 9.59 Å². The maximum atomic E-state index is 12.5. The first-order valence-electron chi connectivity index (χ1n) is 8.95. The van der Waals surface area contributed by atoms with Crippen molar-refractivity contribution in [2.24, 2.45) is 5.92 Å². The summed E-state index contributed by atoms with van der Waals surface area (Å²) in [5, 5.41) is 2.95. The lowest BCUT2D eigenvalue weighted by molar-refractivity contribution is -0.118. The summed E-state index contributed by atoms with van der Waals surface area (Å²) in [6.45, 7) is 5.07. The molecule has 0 fully saturated rings. The average molecular weight is 415 g/mol. The Kier molecular flexibility index (Phi) is 5.77. The Morgan fingerprint density at radius 3 is 2.69 bits per heavy atom. The average Bonchev–Trinajstić information content (AvgIpc) is 2.61. The van der Waals surface area contributed by atoms with Crippen LogP contribution in [-0.2, 0) is 11.2 Å². The van der Waals surface area contributed by atoms with Gasteiger partial charge in [0.05, 0.1) is 5.56 Å². The van der Waals surface area contributed by atoms with E-state index in [1.54, 1.807) is 6.07 Å². The van der Waals surface area contributed by atoms with Crippen LogP contribution in [0.4, 0.5) is 11.4 Å². The van der Waals surface area contributed by atoms with Crippen molar-refractivity contribution in [3.05, 3.63) is 58.1 Å². The third kappa shape index (κ3) is 4.15. The van der Waals surface area contributed by atoms with E-state index in [1.165, 1.54) is 0 Å². The number of hydrogen-bond acceptors (Lipinski definition) is 2. The largest absolute Gasteiger partial charge is 0.322 e. The summed E-state index contributed by atoms with van der Waals surface area (Å²) in [5.74, 6) is 0.584. The highest BCUT2D eigenvalue weighted by Crippen LogP contribution is 2.31. The summed E-state index contributed by atoms with van der Waals surface area (Å²) in [6, 6.07) is 13.1. The van der Waals surface area contributed by atoms with Gasteiger partial charge in [-0.2, -0.15) is 0 Å². The topological polar surface area (TPSA) is 49.4 Å². The number of nitrogens with one attached hydrogen (secondary N) is 1. The van der Waals surface area contributed by atoms with Crippen molar-refractivity contribution in [3.8, 4) is 0 Å². The van der Waals surface area contributed by atoms with Gasteiger partial charge in [0.1, 0.15) is 0 Å². The molecule has 1 aliphatic heterocycles. The highest BCUT2D eigenvalue weighted by Gasteiger charge is 2.24. The van der Waals surface area contributed by atoms with E-state index in [4.69, 9.17) is 0 Å². The molecule has 0 saturated heterocycles. The summed E-state index contributed by atoms with van der Waals surface area (Å²) in [4.78, 5) is 26.7. The fraction of sp³-hybridized carbons (Fsp3) is 0.333. The van der Waals surface area contributed by atoms with Gasteiger partial charge in [-0.1, -0.05) is 26.0 Å². The first-order chi connectivity index (χ1) is 12.5. The second kappa shape index (κ2) is 8.04. The predicted octanol–water partition coefficient (Wildman–Crippen LogP) is 5.03. The normalized spacial score (nSPS) is 13.7. The third-order valence-corrected chi connectivity index (χ3v) is 5.28. The number of aryl methyl sites for hydroxylation is 1. The number of fused-ring (bicyclic) bond motifs is 1. The van der Waals surface area contributed by atoms with E-state index in [9.17, 15) is 9.59 Å². The van der Waals surface area contributed by atoms with Crippen molar-refractivity contribution >= 4 is 39.1 Å². The van der Waals surface area contributed by atoms with E-state index in [2.05, 4.69) is 35.1 Å². The van der Waals surface area contributed by atoms with Gasteiger partial charge in [0.15, 0.2) is 0 Å².